The topological polar surface area (TPSA) is 105 Å². The van der Waals surface area contributed by atoms with Gasteiger partial charge in [0.05, 0.1) is 26.2 Å². The molecule has 0 fully saturated rings. The zero-order valence-corrected chi connectivity index (χ0v) is 22.9. The van der Waals surface area contributed by atoms with Crippen LogP contribution in [0.5, 0.6) is 11.5 Å². The van der Waals surface area contributed by atoms with E-state index in [0.29, 0.717) is 5.75 Å². The van der Waals surface area contributed by atoms with E-state index < -0.39 is 28.5 Å². The fourth-order valence-electron chi connectivity index (χ4n) is 3.60. The number of nitrogens with zero attached hydrogens (tertiary/aromatic N) is 2. The highest BCUT2D eigenvalue weighted by molar-refractivity contribution is 7.92. The summed E-state index contributed by atoms with van der Waals surface area (Å²) in [5.74, 6) is -0.111. The molecule has 2 aromatic rings. The number of carbonyl (C=O) groups is 2. The standard InChI is InChI=1S/C26H37N3O6S/c1-8-19(3)27-26(31)20(4)28(16-21-12-10-9-11-18(21)2)25(30)17-29(36(7,32)33)23-14-13-22(34-5)15-24(23)35-6/h9-15,19-20H,8,16-17H2,1-7H3,(H,27,31)/t19-,20+/m0/s1. The van der Waals surface area contributed by atoms with Crippen molar-refractivity contribution in [3.05, 3.63) is 53.6 Å². The van der Waals surface area contributed by atoms with Gasteiger partial charge < -0.3 is 19.7 Å². The van der Waals surface area contributed by atoms with E-state index in [1.165, 1.54) is 25.2 Å². The molecule has 0 unspecified atom stereocenters. The Labute approximate surface area is 214 Å². The van der Waals surface area contributed by atoms with Crippen molar-refractivity contribution >= 4 is 27.5 Å². The van der Waals surface area contributed by atoms with E-state index in [9.17, 15) is 18.0 Å². The molecule has 0 aliphatic rings. The molecule has 0 aromatic heterocycles. The molecular weight excluding hydrogens is 482 g/mol. The lowest BCUT2D eigenvalue weighted by Gasteiger charge is -2.32. The lowest BCUT2D eigenvalue weighted by atomic mass is 10.1. The highest BCUT2D eigenvalue weighted by Gasteiger charge is 2.31. The number of methoxy groups -OCH3 is 2. The highest BCUT2D eigenvalue weighted by Crippen LogP contribution is 2.33. The number of hydrogen-bond donors (Lipinski definition) is 1. The van der Waals surface area contributed by atoms with E-state index in [0.717, 1.165) is 28.1 Å². The zero-order chi connectivity index (χ0) is 27.0. The van der Waals surface area contributed by atoms with Crippen LogP contribution in [0.25, 0.3) is 0 Å². The second-order valence-electron chi connectivity index (χ2n) is 8.75. The highest BCUT2D eigenvalue weighted by atomic mass is 32.2. The molecule has 198 valence electrons. The average Bonchev–Trinajstić information content (AvgIpc) is 2.85. The third kappa shape index (κ3) is 7.36. The molecule has 0 saturated carbocycles. The molecule has 2 aromatic carbocycles. The smallest absolute Gasteiger partial charge is 0.244 e. The third-order valence-corrected chi connectivity index (χ3v) is 7.23. The lowest BCUT2D eigenvalue weighted by molar-refractivity contribution is -0.139. The maximum absolute atomic E-state index is 13.7. The predicted octanol–water partition coefficient (Wildman–Crippen LogP) is 3.11. The molecule has 0 radical (unpaired) electrons. The number of rotatable bonds is 12. The predicted molar refractivity (Wildman–Crippen MR) is 141 cm³/mol. The minimum Gasteiger partial charge on any atom is -0.497 e. The summed E-state index contributed by atoms with van der Waals surface area (Å²) in [7, 11) is -0.987. The van der Waals surface area contributed by atoms with E-state index in [-0.39, 0.29) is 29.9 Å². The van der Waals surface area contributed by atoms with Gasteiger partial charge in [0, 0.05) is 18.7 Å². The Bertz CT molecular complexity index is 1170. The Balaban J connectivity index is 2.47. The van der Waals surface area contributed by atoms with Gasteiger partial charge in [0.2, 0.25) is 21.8 Å². The Morgan fingerprint density at radius 1 is 1.06 bits per heavy atom. The van der Waals surface area contributed by atoms with Crippen molar-refractivity contribution in [2.24, 2.45) is 0 Å². The van der Waals surface area contributed by atoms with Gasteiger partial charge in [-0.1, -0.05) is 31.2 Å². The molecule has 0 spiro atoms. The van der Waals surface area contributed by atoms with Crippen molar-refractivity contribution in [2.45, 2.75) is 52.7 Å². The van der Waals surface area contributed by atoms with Crippen LogP contribution in [0.15, 0.2) is 42.5 Å². The summed E-state index contributed by atoms with van der Waals surface area (Å²) in [6.45, 7) is 7.06. The molecule has 9 nitrogen and oxygen atoms in total. The number of carbonyl (C=O) groups excluding carboxylic acids is 2. The van der Waals surface area contributed by atoms with Crippen LogP contribution in [-0.4, -0.2) is 64.2 Å². The van der Waals surface area contributed by atoms with Crippen LogP contribution in [0.1, 0.15) is 38.3 Å². The molecule has 36 heavy (non-hydrogen) atoms. The lowest BCUT2D eigenvalue weighted by Crippen LogP contribution is -2.52. The van der Waals surface area contributed by atoms with Crippen molar-refractivity contribution in [2.75, 3.05) is 31.3 Å². The van der Waals surface area contributed by atoms with Gasteiger partial charge in [-0.05, 0) is 50.5 Å². The maximum atomic E-state index is 13.7. The molecular formula is C26H37N3O6S. The van der Waals surface area contributed by atoms with Crippen molar-refractivity contribution in [3.8, 4) is 11.5 Å². The van der Waals surface area contributed by atoms with Crippen molar-refractivity contribution < 1.29 is 27.5 Å². The number of benzene rings is 2. The van der Waals surface area contributed by atoms with E-state index in [1.807, 2.05) is 45.0 Å². The van der Waals surface area contributed by atoms with Crippen LogP contribution in [0.3, 0.4) is 0 Å². The van der Waals surface area contributed by atoms with Gasteiger partial charge in [0.15, 0.2) is 0 Å². The van der Waals surface area contributed by atoms with Crippen LogP contribution in [-0.2, 0) is 26.2 Å². The minimum atomic E-state index is -3.88. The molecule has 0 aliphatic heterocycles. The molecule has 2 amide bonds. The molecule has 10 heteroatoms. The molecule has 0 heterocycles. The summed E-state index contributed by atoms with van der Waals surface area (Å²) in [6.07, 6.45) is 1.76. The summed E-state index contributed by atoms with van der Waals surface area (Å²) in [4.78, 5) is 28.1. The first-order valence-corrected chi connectivity index (χ1v) is 13.6. The number of nitrogens with one attached hydrogen (secondary N) is 1. The molecule has 0 aliphatic carbocycles. The van der Waals surface area contributed by atoms with Gasteiger partial charge in [0.1, 0.15) is 24.1 Å². The molecule has 2 atom stereocenters. The molecule has 0 bridgehead atoms. The van der Waals surface area contributed by atoms with Gasteiger partial charge in [-0.3, -0.25) is 13.9 Å². The van der Waals surface area contributed by atoms with Crippen LogP contribution in [0.4, 0.5) is 5.69 Å². The van der Waals surface area contributed by atoms with Crippen LogP contribution < -0.4 is 19.1 Å². The number of anilines is 1. The third-order valence-electron chi connectivity index (χ3n) is 6.11. The monoisotopic (exact) mass is 519 g/mol. The second kappa shape index (κ2) is 12.6. The van der Waals surface area contributed by atoms with Crippen LogP contribution >= 0.6 is 0 Å². The van der Waals surface area contributed by atoms with Gasteiger partial charge >= 0.3 is 0 Å². The normalized spacial score (nSPS) is 12.9. The van der Waals surface area contributed by atoms with Gasteiger partial charge in [-0.25, -0.2) is 8.42 Å². The Hall–Kier alpha value is -3.27. The number of amides is 2. The van der Waals surface area contributed by atoms with Crippen LogP contribution in [0, 0.1) is 6.92 Å². The summed E-state index contributed by atoms with van der Waals surface area (Å²) < 4.78 is 37.2. The summed E-state index contributed by atoms with van der Waals surface area (Å²) >= 11 is 0. The zero-order valence-electron chi connectivity index (χ0n) is 22.1. The maximum Gasteiger partial charge on any atom is 0.244 e. The Morgan fingerprint density at radius 2 is 1.72 bits per heavy atom. The first-order valence-electron chi connectivity index (χ1n) is 11.8. The summed E-state index contributed by atoms with van der Waals surface area (Å²) in [5, 5.41) is 2.91. The Kier molecular flexibility index (Phi) is 10.2. The van der Waals surface area contributed by atoms with Crippen molar-refractivity contribution in [1.29, 1.82) is 0 Å². The molecule has 0 saturated heterocycles. The van der Waals surface area contributed by atoms with E-state index in [2.05, 4.69) is 5.32 Å². The first kappa shape index (κ1) is 29.0. The first-order chi connectivity index (χ1) is 16.9. The molecule has 2 rings (SSSR count). The summed E-state index contributed by atoms with van der Waals surface area (Å²) in [5.41, 5.74) is 2.02. The fraction of sp³-hybridized carbons (Fsp3) is 0.462. The SMILES string of the molecule is CC[C@H](C)NC(=O)[C@@H](C)N(Cc1ccccc1C)C(=O)CN(c1ccc(OC)cc1OC)S(C)(=O)=O. The Morgan fingerprint density at radius 3 is 2.28 bits per heavy atom. The minimum absolute atomic E-state index is 0.0635. The number of sulfonamides is 1. The van der Waals surface area contributed by atoms with Gasteiger partial charge in [0.25, 0.3) is 0 Å². The number of ether oxygens (including phenoxy) is 2. The van der Waals surface area contributed by atoms with Crippen LogP contribution in [0.2, 0.25) is 0 Å². The van der Waals surface area contributed by atoms with Gasteiger partial charge in [-0.2, -0.15) is 0 Å². The van der Waals surface area contributed by atoms with Crippen molar-refractivity contribution in [3.63, 3.8) is 0 Å². The quantitative estimate of drug-likeness (QED) is 0.462. The number of aryl methyl sites for hydroxylation is 1. The van der Waals surface area contributed by atoms with Gasteiger partial charge in [-0.15, -0.1) is 0 Å². The van der Waals surface area contributed by atoms with E-state index in [1.54, 1.807) is 19.1 Å². The summed E-state index contributed by atoms with van der Waals surface area (Å²) in [6, 6.07) is 11.3. The van der Waals surface area contributed by atoms with Crippen molar-refractivity contribution in [1.82, 2.24) is 10.2 Å². The average molecular weight is 520 g/mol. The largest absolute Gasteiger partial charge is 0.497 e. The second-order valence-corrected chi connectivity index (χ2v) is 10.7. The molecule has 1 N–H and O–H groups in total. The van der Waals surface area contributed by atoms with E-state index in [4.69, 9.17) is 9.47 Å². The van der Waals surface area contributed by atoms with E-state index >= 15 is 0 Å². The fourth-order valence-corrected chi connectivity index (χ4v) is 4.46. The number of hydrogen-bond acceptors (Lipinski definition) is 6.